The highest BCUT2D eigenvalue weighted by molar-refractivity contribution is 9.10. The van der Waals surface area contributed by atoms with E-state index in [1.807, 2.05) is 0 Å². The first kappa shape index (κ1) is 14.7. The van der Waals surface area contributed by atoms with Crippen LogP contribution in [0.25, 0.3) is 0 Å². The molecule has 2 atom stereocenters. The number of fused-ring (bicyclic) bond motifs is 1. The van der Waals surface area contributed by atoms with Crippen LogP contribution in [-0.2, 0) is 6.42 Å². The van der Waals surface area contributed by atoms with E-state index in [1.165, 1.54) is 29.7 Å². The predicted molar refractivity (Wildman–Crippen MR) is 85.8 cm³/mol. The lowest BCUT2D eigenvalue weighted by atomic mass is 9.79. The van der Waals surface area contributed by atoms with Crippen molar-refractivity contribution < 1.29 is 9.50 Å². The smallest absolute Gasteiger partial charge is 0.124 e. The molecule has 1 aliphatic carbocycles. The van der Waals surface area contributed by atoms with Crippen LogP contribution in [0, 0.1) is 5.82 Å². The Kier molecular flexibility index (Phi) is 4.41. The lowest BCUT2D eigenvalue weighted by Gasteiger charge is -2.27. The van der Waals surface area contributed by atoms with E-state index in [1.54, 1.807) is 6.07 Å². The standard InChI is InChI=1S/C18H18BrFO/c19-17-11-14(20)8-9-16(17)18(21)10-13-6-3-5-12-4-1-2-7-15(12)13/h1-2,4,7-9,11,13,18,21H,3,5-6,10H2. The number of aliphatic hydroxyl groups is 1. The van der Waals surface area contributed by atoms with Crippen molar-refractivity contribution in [3.8, 4) is 0 Å². The van der Waals surface area contributed by atoms with E-state index in [4.69, 9.17) is 0 Å². The Labute approximate surface area is 132 Å². The van der Waals surface area contributed by atoms with Gasteiger partial charge in [0.2, 0.25) is 0 Å². The fourth-order valence-electron chi connectivity index (χ4n) is 3.27. The van der Waals surface area contributed by atoms with Crippen LogP contribution in [0.4, 0.5) is 4.39 Å². The molecule has 21 heavy (non-hydrogen) atoms. The molecule has 110 valence electrons. The van der Waals surface area contributed by atoms with Gasteiger partial charge in [-0.25, -0.2) is 4.39 Å². The normalized spacial score (nSPS) is 19.1. The van der Waals surface area contributed by atoms with Crippen molar-refractivity contribution in [1.82, 2.24) is 0 Å². The zero-order valence-electron chi connectivity index (χ0n) is 11.7. The van der Waals surface area contributed by atoms with Crippen LogP contribution in [-0.4, -0.2) is 5.11 Å². The minimum Gasteiger partial charge on any atom is -0.388 e. The third-order valence-electron chi connectivity index (χ3n) is 4.32. The number of aryl methyl sites for hydroxylation is 1. The number of hydrogen-bond donors (Lipinski definition) is 1. The Morgan fingerprint density at radius 2 is 2.05 bits per heavy atom. The van der Waals surface area contributed by atoms with Gasteiger partial charge in [0.15, 0.2) is 0 Å². The molecule has 3 rings (SSSR count). The Morgan fingerprint density at radius 3 is 2.86 bits per heavy atom. The average Bonchev–Trinajstić information content (AvgIpc) is 2.47. The molecule has 0 saturated carbocycles. The number of benzene rings is 2. The summed E-state index contributed by atoms with van der Waals surface area (Å²) >= 11 is 3.34. The maximum atomic E-state index is 13.2. The third kappa shape index (κ3) is 3.19. The van der Waals surface area contributed by atoms with E-state index < -0.39 is 6.10 Å². The minimum absolute atomic E-state index is 0.291. The maximum absolute atomic E-state index is 13.2. The van der Waals surface area contributed by atoms with Crippen molar-refractivity contribution in [3.05, 3.63) is 69.4 Å². The van der Waals surface area contributed by atoms with Gasteiger partial charge in [-0.1, -0.05) is 46.3 Å². The lowest BCUT2D eigenvalue weighted by molar-refractivity contribution is 0.153. The van der Waals surface area contributed by atoms with Gasteiger partial charge < -0.3 is 5.11 Å². The van der Waals surface area contributed by atoms with E-state index >= 15 is 0 Å². The molecule has 1 nitrogen and oxygen atoms in total. The summed E-state index contributed by atoms with van der Waals surface area (Å²) < 4.78 is 13.8. The SMILES string of the molecule is OC(CC1CCCc2ccccc21)c1ccc(F)cc1Br. The van der Waals surface area contributed by atoms with Gasteiger partial charge >= 0.3 is 0 Å². The highest BCUT2D eigenvalue weighted by atomic mass is 79.9. The summed E-state index contributed by atoms with van der Waals surface area (Å²) in [7, 11) is 0. The molecule has 0 heterocycles. The van der Waals surface area contributed by atoms with Crippen LogP contribution >= 0.6 is 15.9 Å². The Bertz CT molecular complexity index is 641. The summed E-state index contributed by atoms with van der Waals surface area (Å²) in [6.45, 7) is 0. The summed E-state index contributed by atoms with van der Waals surface area (Å²) in [6.07, 6.45) is 3.51. The van der Waals surface area contributed by atoms with E-state index in [0.717, 1.165) is 18.4 Å². The Hall–Kier alpha value is -1.19. The van der Waals surface area contributed by atoms with Crippen LogP contribution < -0.4 is 0 Å². The highest BCUT2D eigenvalue weighted by Crippen LogP contribution is 2.38. The Morgan fingerprint density at radius 1 is 1.24 bits per heavy atom. The summed E-state index contributed by atoms with van der Waals surface area (Å²) in [5.74, 6) is 0.0859. The molecule has 0 aliphatic heterocycles. The third-order valence-corrected chi connectivity index (χ3v) is 5.01. The molecule has 0 radical (unpaired) electrons. The molecule has 0 fully saturated rings. The molecule has 1 aliphatic rings. The van der Waals surface area contributed by atoms with Gasteiger partial charge in [0.25, 0.3) is 0 Å². The molecule has 0 aromatic heterocycles. The van der Waals surface area contributed by atoms with Crippen molar-refractivity contribution in [1.29, 1.82) is 0 Å². The fourth-order valence-corrected chi connectivity index (χ4v) is 3.88. The van der Waals surface area contributed by atoms with Crippen molar-refractivity contribution in [2.45, 2.75) is 37.7 Å². The quantitative estimate of drug-likeness (QED) is 0.814. The molecule has 0 saturated heterocycles. The monoisotopic (exact) mass is 348 g/mol. The molecule has 0 spiro atoms. The number of halogens is 2. The van der Waals surface area contributed by atoms with Crippen LogP contribution in [0.1, 0.15) is 48.0 Å². The number of rotatable bonds is 3. The van der Waals surface area contributed by atoms with Crippen LogP contribution in [0.5, 0.6) is 0 Å². The minimum atomic E-state index is -0.573. The van der Waals surface area contributed by atoms with E-state index in [-0.39, 0.29) is 5.82 Å². The number of hydrogen-bond acceptors (Lipinski definition) is 1. The van der Waals surface area contributed by atoms with Gasteiger partial charge in [-0.05, 0) is 60.4 Å². The second kappa shape index (κ2) is 6.29. The number of aliphatic hydroxyl groups excluding tert-OH is 1. The second-order valence-electron chi connectivity index (χ2n) is 5.71. The van der Waals surface area contributed by atoms with Crippen molar-refractivity contribution in [2.24, 2.45) is 0 Å². The summed E-state index contributed by atoms with van der Waals surface area (Å²) in [4.78, 5) is 0. The van der Waals surface area contributed by atoms with Crippen LogP contribution in [0.15, 0.2) is 46.9 Å². The zero-order valence-corrected chi connectivity index (χ0v) is 13.3. The van der Waals surface area contributed by atoms with E-state index in [9.17, 15) is 9.50 Å². The van der Waals surface area contributed by atoms with Crippen molar-refractivity contribution in [3.63, 3.8) is 0 Å². The molecule has 2 aromatic rings. The molecule has 2 aromatic carbocycles. The molecule has 0 bridgehead atoms. The predicted octanol–water partition coefficient (Wildman–Crippen LogP) is 5.13. The van der Waals surface area contributed by atoms with E-state index in [2.05, 4.69) is 40.2 Å². The highest BCUT2D eigenvalue weighted by Gasteiger charge is 2.24. The maximum Gasteiger partial charge on any atom is 0.124 e. The molecular formula is C18H18BrFO. The van der Waals surface area contributed by atoms with E-state index in [0.29, 0.717) is 16.8 Å². The lowest BCUT2D eigenvalue weighted by Crippen LogP contribution is -2.13. The molecule has 3 heteroatoms. The van der Waals surface area contributed by atoms with Crippen molar-refractivity contribution in [2.75, 3.05) is 0 Å². The first-order valence-electron chi connectivity index (χ1n) is 7.36. The van der Waals surface area contributed by atoms with Gasteiger partial charge in [0.1, 0.15) is 5.82 Å². The van der Waals surface area contributed by atoms with Gasteiger partial charge in [0, 0.05) is 4.47 Å². The van der Waals surface area contributed by atoms with Gasteiger partial charge in [0.05, 0.1) is 6.10 Å². The summed E-state index contributed by atoms with van der Waals surface area (Å²) in [6, 6.07) is 13.0. The summed E-state index contributed by atoms with van der Waals surface area (Å²) in [5, 5.41) is 10.5. The van der Waals surface area contributed by atoms with Gasteiger partial charge in [-0.2, -0.15) is 0 Å². The summed E-state index contributed by atoms with van der Waals surface area (Å²) in [5.41, 5.74) is 3.53. The van der Waals surface area contributed by atoms with Gasteiger partial charge in [-0.15, -0.1) is 0 Å². The van der Waals surface area contributed by atoms with Crippen LogP contribution in [0.3, 0.4) is 0 Å². The first-order chi connectivity index (χ1) is 10.1. The topological polar surface area (TPSA) is 20.2 Å². The molecule has 1 N–H and O–H groups in total. The fraction of sp³-hybridized carbons (Fsp3) is 0.333. The molecule has 2 unspecified atom stereocenters. The largest absolute Gasteiger partial charge is 0.388 e. The van der Waals surface area contributed by atoms with Gasteiger partial charge in [-0.3, -0.25) is 0 Å². The zero-order chi connectivity index (χ0) is 14.8. The van der Waals surface area contributed by atoms with Crippen molar-refractivity contribution >= 4 is 15.9 Å². The average molecular weight is 349 g/mol. The molecular weight excluding hydrogens is 331 g/mol. The Balaban J connectivity index is 1.81. The first-order valence-corrected chi connectivity index (χ1v) is 8.15. The molecule has 0 amide bonds. The second-order valence-corrected chi connectivity index (χ2v) is 6.56. The van der Waals surface area contributed by atoms with Crippen LogP contribution in [0.2, 0.25) is 0 Å².